The Morgan fingerprint density at radius 3 is 2.64 bits per heavy atom. The fourth-order valence-electron chi connectivity index (χ4n) is 0.806. The highest BCUT2D eigenvalue weighted by atomic mass is 35.5. The van der Waals surface area contributed by atoms with Crippen molar-refractivity contribution in [3.05, 3.63) is 28.8 Å². The number of hydrogen-bond acceptors (Lipinski definition) is 3. The molecule has 0 heterocycles. The third-order valence-corrected chi connectivity index (χ3v) is 1.72. The molecular formula is C8H10ClN5. The van der Waals surface area contributed by atoms with Gasteiger partial charge in [0.2, 0.25) is 5.96 Å². The van der Waals surface area contributed by atoms with Gasteiger partial charge in [0, 0.05) is 11.3 Å². The fourth-order valence-corrected chi connectivity index (χ4v) is 1.04. The van der Waals surface area contributed by atoms with E-state index in [-0.39, 0.29) is 5.96 Å². The fraction of sp³-hybridized carbons (Fsp3) is 0. The number of hydrogen-bond donors (Lipinski definition) is 3. The van der Waals surface area contributed by atoms with Crippen LogP contribution < -0.4 is 17.2 Å². The second kappa shape index (κ2) is 4.48. The number of nitrogens with zero attached hydrogens (tertiary/aromatic N) is 2. The van der Waals surface area contributed by atoms with Crippen molar-refractivity contribution in [2.24, 2.45) is 21.7 Å². The van der Waals surface area contributed by atoms with Crippen LogP contribution in [0, 0.1) is 0 Å². The Hall–Kier alpha value is -1.75. The minimum Gasteiger partial charge on any atom is -0.399 e. The van der Waals surface area contributed by atoms with Gasteiger partial charge < -0.3 is 17.2 Å². The smallest absolute Gasteiger partial charge is 0.211 e. The van der Waals surface area contributed by atoms with Crippen LogP contribution in [0.4, 0.5) is 5.69 Å². The summed E-state index contributed by atoms with van der Waals surface area (Å²) in [6, 6.07) is 5.06. The van der Waals surface area contributed by atoms with Crippen molar-refractivity contribution >= 4 is 29.5 Å². The van der Waals surface area contributed by atoms with E-state index >= 15 is 0 Å². The molecule has 0 aromatic heterocycles. The average molecular weight is 212 g/mol. The van der Waals surface area contributed by atoms with Gasteiger partial charge in [0.25, 0.3) is 0 Å². The maximum Gasteiger partial charge on any atom is 0.211 e. The lowest BCUT2D eigenvalue weighted by Crippen LogP contribution is -2.21. The van der Waals surface area contributed by atoms with Crippen molar-refractivity contribution in [1.82, 2.24) is 0 Å². The largest absolute Gasteiger partial charge is 0.399 e. The van der Waals surface area contributed by atoms with Crippen LogP contribution in [0.25, 0.3) is 0 Å². The van der Waals surface area contributed by atoms with Gasteiger partial charge in [0.05, 0.1) is 11.2 Å². The van der Waals surface area contributed by atoms with Crippen LogP contribution in [0.1, 0.15) is 5.56 Å². The van der Waals surface area contributed by atoms with Crippen molar-refractivity contribution in [3.8, 4) is 0 Å². The summed E-state index contributed by atoms with van der Waals surface area (Å²) in [6.45, 7) is 0. The molecule has 0 fully saturated rings. The normalized spacial score (nSPS) is 10.4. The number of nitrogen functional groups attached to an aromatic ring is 1. The van der Waals surface area contributed by atoms with Gasteiger partial charge in [-0.2, -0.15) is 5.10 Å². The predicted octanol–water partition coefficient (Wildman–Crippen LogP) is 0.530. The van der Waals surface area contributed by atoms with E-state index in [0.717, 1.165) is 0 Å². The van der Waals surface area contributed by atoms with E-state index in [1.165, 1.54) is 6.21 Å². The van der Waals surface area contributed by atoms with Gasteiger partial charge in [-0.3, -0.25) is 0 Å². The molecule has 6 N–H and O–H groups in total. The summed E-state index contributed by atoms with van der Waals surface area (Å²) in [4.78, 5) is 0. The SMILES string of the molecule is NC(N)=NN=Cc1ccc(N)cc1Cl. The third kappa shape index (κ3) is 2.95. The summed E-state index contributed by atoms with van der Waals surface area (Å²) < 4.78 is 0. The molecule has 1 aromatic rings. The van der Waals surface area contributed by atoms with Gasteiger partial charge in [0.1, 0.15) is 0 Å². The van der Waals surface area contributed by atoms with Gasteiger partial charge in [0.15, 0.2) is 0 Å². The van der Waals surface area contributed by atoms with Gasteiger partial charge >= 0.3 is 0 Å². The molecule has 0 aliphatic rings. The Bertz CT molecular complexity index is 381. The molecule has 1 aromatic carbocycles. The average Bonchev–Trinajstić information content (AvgIpc) is 2.08. The first-order valence-corrected chi connectivity index (χ1v) is 4.14. The maximum absolute atomic E-state index is 5.86. The lowest BCUT2D eigenvalue weighted by atomic mass is 10.2. The summed E-state index contributed by atoms with van der Waals surface area (Å²) in [5, 5.41) is 7.55. The Kier molecular flexibility index (Phi) is 3.30. The van der Waals surface area contributed by atoms with Crippen LogP contribution in [0.15, 0.2) is 28.4 Å². The van der Waals surface area contributed by atoms with Crippen LogP contribution in [0.3, 0.4) is 0 Å². The molecule has 0 bridgehead atoms. The first kappa shape index (κ1) is 10.3. The summed E-state index contributed by atoms with van der Waals surface area (Å²) >= 11 is 5.86. The second-order valence-corrected chi connectivity index (χ2v) is 2.96. The van der Waals surface area contributed by atoms with E-state index in [1.807, 2.05) is 0 Å². The standard InChI is InChI=1S/C8H10ClN5/c9-7-3-6(10)2-1-5(7)4-13-14-8(11)12/h1-4H,10H2,(H4,11,12,14). The van der Waals surface area contributed by atoms with Gasteiger partial charge in [-0.05, 0) is 18.2 Å². The molecule has 1 rings (SSSR count). The topological polar surface area (TPSA) is 103 Å². The minimum absolute atomic E-state index is 0.104. The molecule has 0 aliphatic carbocycles. The summed E-state index contributed by atoms with van der Waals surface area (Å²) in [7, 11) is 0. The van der Waals surface area contributed by atoms with E-state index in [2.05, 4.69) is 10.2 Å². The molecule has 0 saturated heterocycles. The van der Waals surface area contributed by atoms with Crippen molar-refractivity contribution < 1.29 is 0 Å². The van der Waals surface area contributed by atoms with Crippen LogP contribution in [-0.4, -0.2) is 12.2 Å². The molecule has 6 heteroatoms. The molecule has 74 valence electrons. The third-order valence-electron chi connectivity index (χ3n) is 1.39. The van der Waals surface area contributed by atoms with E-state index in [0.29, 0.717) is 16.3 Å². The summed E-state index contributed by atoms with van der Waals surface area (Å²) in [5.74, 6) is -0.104. The first-order chi connectivity index (χ1) is 6.59. The van der Waals surface area contributed by atoms with E-state index in [9.17, 15) is 0 Å². The highest BCUT2D eigenvalue weighted by molar-refractivity contribution is 6.33. The predicted molar refractivity (Wildman–Crippen MR) is 59.3 cm³/mol. The zero-order valence-electron chi connectivity index (χ0n) is 7.31. The zero-order valence-corrected chi connectivity index (χ0v) is 8.07. The molecule has 0 unspecified atom stereocenters. The lowest BCUT2D eigenvalue weighted by Gasteiger charge is -1.97. The molecule has 0 saturated carbocycles. The number of halogens is 1. The molecule has 0 amide bonds. The van der Waals surface area contributed by atoms with Gasteiger partial charge in [-0.25, -0.2) is 0 Å². The van der Waals surface area contributed by atoms with Crippen LogP contribution in [-0.2, 0) is 0 Å². The van der Waals surface area contributed by atoms with Crippen LogP contribution in [0.2, 0.25) is 5.02 Å². The maximum atomic E-state index is 5.86. The minimum atomic E-state index is -0.104. The Labute approximate surface area is 86.2 Å². The zero-order chi connectivity index (χ0) is 10.6. The molecule has 0 atom stereocenters. The number of nitrogens with two attached hydrogens (primary N) is 3. The van der Waals surface area contributed by atoms with Gasteiger partial charge in [-0.15, -0.1) is 5.10 Å². The monoisotopic (exact) mass is 211 g/mol. The van der Waals surface area contributed by atoms with Gasteiger partial charge in [-0.1, -0.05) is 11.6 Å². The number of benzene rings is 1. The molecular weight excluding hydrogens is 202 g/mol. The summed E-state index contributed by atoms with van der Waals surface area (Å²) in [5.41, 5.74) is 17.0. The molecule has 5 nitrogen and oxygen atoms in total. The van der Waals surface area contributed by atoms with Crippen LogP contribution in [0.5, 0.6) is 0 Å². The van der Waals surface area contributed by atoms with E-state index in [4.69, 9.17) is 28.8 Å². The van der Waals surface area contributed by atoms with E-state index in [1.54, 1.807) is 18.2 Å². The molecule has 0 aliphatic heterocycles. The Morgan fingerprint density at radius 2 is 2.07 bits per heavy atom. The quantitative estimate of drug-likeness (QED) is 0.288. The second-order valence-electron chi connectivity index (χ2n) is 2.55. The number of rotatable bonds is 2. The van der Waals surface area contributed by atoms with Crippen molar-refractivity contribution in [1.29, 1.82) is 0 Å². The van der Waals surface area contributed by atoms with Crippen LogP contribution >= 0.6 is 11.6 Å². The molecule has 14 heavy (non-hydrogen) atoms. The number of guanidine groups is 1. The van der Waals surface area contributed by atoms with Crippen molar-refractivity contribution in [2.45, 2.75) is 0 Å². The Morgan fingerprint density at radius 1 is 1.36 bits per heavy atom. The lowest BCUT2D eigenvalue weighted by molar-refractivity contribution is 1.21. The van der Waals surface area contributed by atoms with Crippen molar-refractivity contribution in [3.63, 3.8) is 0 Å². The number of anilines is 1. The van der Waals surface area contributed by atoms with E-state index < -0.39 is 0 Å². The highest BCUT2D eigenvalue weighted by Gasteiger charge is 1.96. The first-order valence-electron chi connectivity index (χ1n) is 3.76. The molecule has 0 radical (unpaired) electrons. The Balaban J connectivity index is 2.87. The van der Waals surface area contributed by atoms with Crippen molar-refractivity contribution in [2.75, 3.05) is 5.73 Å². The molecule has 0 spiro atoms. The summed E-state index contributed by atoms with van der Waals surface area (Å²) in [6.07, 6.45) is 1.45. The highest BCUT2D eigenvalue weighted by Crippen LogP contribution is 2.17.